The Balaban J connectivity index is 2.64. The lowest BCUT2D eigenvalue weighted by Crippen LogP contribution is -2.09. The lowest BCUT2D eigenvalue weighted by atomic mass is 10.2. The van der Waals surface area contributed by atoms with Gasteiger partial charge < -0.3 is 5.11 Å². The topological polar surface area (TPSA) is 71.4 Å². The van der Waals surface area contributed by atoms with Gasteiger partial charge in [-0.25, -0.2) is 8.42 Å². The van der Waals surface area contributed by atoms with Gasteiger partial charge in [0, 0.05) is 6.42 Å². The van der Waals surface area contributed by atoms with E-state index in [1.165, 1.54) is 0 Å². The molecule has 0 saturated carbocycles. The van der Waals surface area contributed by atoms with Crippen LogP contribution in [0.1, 0.15) is 24.8 Å². The van der Waals surface area contributed by atoms with Crippen LogP contribution in [0.2, 0.25) is 0 Å². The summed E-state index contributed by atoms with van der Waals surface area (Å²) in [6, 6.07) is 6.82. The minimum Gasteiger partial charge on any atom is -0.481 e. The molecule has 0 radical (unpaired) electrons. The fourth-order valence-corrected chi connectivity index (χ4v) is 3.23. The molecule has 0 heterocycles. The fraction of sp³-hybridized carbons (Fsp3) is 0.417. The van der Waals surface area contributed by atoms with Gasteiger partial charge in [0.2, 0.25) is 0 Å². The summed E-state index contributed by atoms with van der Waals surface area (Å²) < 4.78 is 23.9. The van der Waals surface area contributed by atoms with Crippen LogP contribution in [0.25, 0.3) is 0 Å². The number of hydrogen-bond donors (Lipinski definition) is 1. The van der Waals surface area contributed by atoms with E-state index in [0.29, 0.717) is 17.7 Å². The fourth-order valence-electron chi connectivity index (χ4n) is 1.58. The molecular weight excluding hydrogens is 240 g/mol. The summed E-state index contributed by atoms with van der Waals surface area (Å²) in [5.74, 6) is -0.885. The van der Waals surface area contributed by atoms with Crippen molar-refractivity contribution < 1.29 is 18.3 Å². The maximum absolute atomic E-state index is 12.0. The molecule has 0 bridgehead atoms. The van der Waals surface area contributed by atoms with Crippen molar-refractivity contribution in [3.63, 3.8) is 0 Å². The normalized spacial score (nSPS) is 11.4. The zero-order chi connectivity index (χ0) is 12.9. The highest BCUT2D eigenvalue weighted by Crippen LogP contribution is 2.17. The van der Waals surface area contributed by atoms with E-state index in [4.69, 9.17) is 5.11 Å². The van der Waals surface area contributed by atoms with Gasteiger partial charge in [-0.15, -0.1) is 0 Å². The number of carboxylic acids is 1. The van der Waals surface area contributed by atoms with Crippen molar-refractivity contribution in [1.82, 2.24) is 0 Å². The highest BCUT2D eigenvalue weighted by Gasteiger charge is 2.15. The molecule has 4 nitrogen and oxygen atoms in total. The summed E-state index contributed by atoms with van der Waals surface area (Å²) in [6.45, 7) is 1.75. The number of rotatable bonds is 6. The van der Waals surface area contributed by atoms with E-state index in [9.17, 15) is 13.2 Å². The van der Waals surface area contributed by atoms with E-state index in [1.807, 2.05) is 0 Å². The Morgan fingerprint density at radius 3 is 2.47 bits per heavy atom. The predicted octanol–water partition coefficient (Wildman–Crippen LogP) is 2.02. The Hall–Kier alpha value is -1.36. The molecule has 0 unspecified atom stereocenters. The molecule has 0 fully saturated rings. The van der Waals surface area contributed by atoms with Gasteiger partial charge in [-0.3, -0.25) is 4.79 Å². The van der Waals surface area contributed by atoms with Crippen molar-refractivity contribution in [3.05, 3.63) is 29.8 Å². The van der Waals surface area contributed by atoms with Crippen LogP contribution in [-0.2, 0) is 14.6 Å². The van der Waals surface area contributed by atoms with Gasteiger partial charge >= 0.3 is 5.97 Å². The third kappa shape index (κ3) is 4.19. The smallest absolute Gasteiger partial charge is 0.303 e. The highest BCUT2D eigenvalue weighted by molar-refractivity contribution is 7.91. The molecule has 17 heavy (non-hydrogen) atoms. The molecule has 5 heteroatoms. The average Bonchev–Trinajstić information content (AvgIpc) is 2.24. The average molecular weight is 256 g/mol. The number of unbranched alkanes of at least 4 members (excludes halogenated alkanes) is 1. The number of sulfone groups is 1. The lowest BCUT2D eigenvalue weighted by Gasteiger charge is -2.06. The van der Waals surface area contributed by atoms with E-state index in [0.717, 1.165) is 5.56 Å². The standard InChI is InChI=1S/C12H16O4S/c1-10-6-2-3-7-11(10)17(15,16)9-5-4-8-12(13)14/h2-3,6-7H,4-5,8-9H2,1H3,(H,13,14). The van der Waals surface area contributed by atoms with Crippen LogP contribution in [0.5, 0.6) is 0 Å². The molecule has 0 aliphatic rings. The van der Waals surface area contributed by atoms with Crippen LogP contribution < -0.4 is 0 Å². The van der Waals surface area contributed by atoms with Gasteiger partial charge in [-0.2, -0.15) is 0 Å². The van der Waals surface area contributed by atoms with Crippen molar-refractivity contribution in [2.45, 2.75) is 31.1 Å². The molecule has 0 aromatic heterocycles. The first kappa shape index (κ1) is 13.7. The Kier molecular flexibility index (Phi) is 4.69. The molecule has 0 spiro atoms. The Labute approximate surface area is 101 Å². The van der Waals surface area contributed by atoms with Crippen LogP contribution in [-0.4, -0.2) is 25.2 Å². The predicted molar refractivity (Wildman–Crippen MR) is 64.7 cm³/mol. The first-order chi connectivity index (χ1) is 7.93. The second-order valence-electron chi connectivity index (χ2n) is 3.94. The van der Waals surface area contributed by atoms with Crippen LogP contribution in [0.15, 0.2) is 29.2 Å². The van der Waals surface area contributed by atoms with Crippen molar-refractivity contribution in [3.8, 4) is 0 Å². The van der Waals surface area contributed by atoms with Gasteiger partial charge in [-0.1, -0.05) is 18.2 Å². The highest BCUT2D eigenvalue weighted by atomic mass is 32.2. The largest absolute Gasteiger partial charge is 0.481 e. The number of carbonyl (C=O) groups is 1. The van der Waals surface area contributed by atoms with Crippen molar-refractivity contribution in [2.24, 2.45) is 0 Å². The third-order valence-electron chi connectivity index (χ3n) is 2.48. The van der Waals surface area contributed by atoms with E-state index >= 15 is 0 Å². The van der Waals surface area contributed by atoms with Crippen molar-refractivity contribution in [2.75, 3.05) is 5.75 Å². The third-order valence-corrected chi connectivity index (χ3v) is 4.44. The van der Waals surface area contributed by atoms with Gasteiger partial charge in [-0.05, 0) is 31.4 Å². The zero-order valence-corrected chi connectivity index (χ0v) is 10.5. The molecule has 1 aromatic carbocycles. The maximum atomic E-state index is 12.0. The summed E-state index contributed by atoms with van der Waals surface area (Å²) in [5, 5.41) is 8.45. The second kappa shape index (κ2) is 5.82. The maximum Gasteiger partial charge on any atom is 0.303 e. The summed E-state index contributed by atoms with van der Waals surface area (Å²) in [7, 11) is -3.28. The molecule has 0 atom stereocenters. The van der Waals surface area contributed by atoms with E-state index < -0.39 is 15.8 Å². The van der Waals surface area contributed by atoms with Crippen LogP contribution in [0, 0.1) is 6.92 Å². The van der Waals surface area contributed by atoms with Gasteiger partial charge in [0.05, 0.1) is 10.6 Å². The van der Waals surface area contributed by atoms with E-state index in [2.05, 4.69) is 0 Å². The quantitative estimate of drug-likeness (QED) is 0.790. The van der Waals surface area contributed by atoms with Gasteiger partial charge in [0.15, 0.2) is 9.84 Å². The molecule has 1 N–H and O–H groups in total. The molecule has 0 aliphatic heterocycles. The Morgan fingerprint density at radius 1 is 1.24 bits per heavy atom. The van der Waals surface area contributed by atoms with Gasteiger partial charge in [0.25, 0.3) is 0 Å². The van der Waals surface area contributed by atoms with Crippen molar-refractivity contribution >= 4 is 15.8 Å². The molecule has 1 aromatic rings. The second-order valence-corrected chi connectivity index (χ2v) is 6.01. The molecule has 94 valence electrons. The minimum absolute atomic E-state index is 0.00509. The Morgan fingerprint density at radius 2 is 1.88 bits per heavy atom. The Bertz CT molecular complexity index is 491. The van der Waals surface area contributed by atoms with Gasteiger partial charge in [0.1, 0.15) is 0 Å². The number of aliphatic carboxylic acids is 1. The summed E-state index contributed by atoms with van der Waals surface area (Å²) in [6.07, 6.45) is 0.784. The van der Waals surface area contributed by atoms with Crippen molar-refractivity contribution in [1.29, 1.82) is 0 Å². The van der Waals surface area contributed by atoms with E-state index in [1.54, 1.807) is 31.2 Å². The lowest BCUT2D eigenvalue weighted by molar-refractivity contribution is -0.137. The summed E-state index contributed by atoms with van der Waals surface area (Å²) >= 11 is 0. The van der Waals surface area contributed by atoms with Crippen LogP contribution in [0.3, 0.4) is 0 Å². The van der Waals surface area contributed by atoms with Crippen LogP contribution in [0.4, 0.5) is 0 Å². The molecule has 0 aliphatic carbocycles. The molecular formula is C12H16O4S. The zero-order valence-electron chi connectivity index (χ0n) is 9.72. The number of aryl methyl sites for hydroxylation is 1. The van der Waals surface area contributed by atoms with E-state index in [-0.39, 0.29) is 12.2 Å². The molecule has 0 amide bonds. The number of carboxylic acid groups (broad SMARTS) is 1. The molecule has 1 rings (SSSR count). The number of benzene rings is 1. The monoisotopic (exact) mass is 256 g/mol. The summed E-state index contributed by atoms with van der Waals surface area (Å²) in [4.78, 5) is 10.6. The first-order valence-electron chi connectivity index (χ1n) is 5.43. The SMILES string of the molecule is Cc1ccccc1S(=O)(=O)CCCCC(=O)O. The van der Waals surface area contributed by atoms with Crippen LogP contribution >= 0.6 is 0 Å². The minimum atomic E-state index is -3.28. The molecule has 0 saturated heterocycles. The summed E-state index contributed by atoms with van der Waals surface area (Å²) in [5.41, 5.74) is 0.728. The number of hydrogen-bond acceptors (Lipinski definition) is 3. The first-order valence-corrected chi connectivity index (χ1v) is 7.09.